The number of β-lactam (4-membered cyclic amide) rings is 1. The number of thiazole rings is 1. The molecule has 3 heterocycles. The number of hydrogen-bond acceptors (Lipinski definition) is 12. The Balaban J connectivity index is 1.04. The first-order valence-electron chi connectivity index (χ1n) is 20.1. The average molecular weight is 879 g/mol. The van der Waals surface area contributed by atoms with E-state index in [0.29, 0.717) is 28.4 Å². The number of rotatable bonds is 15. The van der Waals surface area contributed by atoms with E-state index in [9.17, 15) is 24.4 Å². The zero-order valence-corrected chi connectivity index (χ0v) is 35.6. The van der Waals surface area contributed by atoms with Crippen LogP contribution in [0.5, 0.6) is 0 Å². The van der Waals surface area contributed by atoms with E-state index in [1.54, 1.807) is 12.3 Å². The summed E-state index contributed by atoms with van der Waals surface area (Å²) in [5, 5.41) is 23.8. The van der Waals surface area contributed by atoms with Crippen LogP contribution in [0.2, 0.25) is 0 Å². The first-order valence-corrected chi connectivity index (χ1v) is 22.1. The molecule has 1 aromatic heterocycles. The van der Waals surface area contributed by atoms with Crippen LogP contribution in [-0.2, 0) is 29.4 Å². The number of thioether (sulfide) groups is 1. The number of alkyl carbamates (subject to hydrolysis) is 1. The summed E-state index contributed by atoms with van der Waals surface area (Å²) in [7, 11) is 0. The molecular weight excluding hydrogens is 837 g/mol. The molecule has 0 bridgehead atoms. The number of aromatic nitrogens is 1. The zero-order valence-electron chi connectivity index (χ0n) is 33.9. The SMILES string of the molecule is CCNC(=O)OCC1=C(C(=O)OC(c2ccccc2)c2ccccc2)N2C(=O)[C@@H](NC(=O)/C(=N\O)c3csc(NC(c4ccccc4)(c4ccccc4)c4ccccc4)n3)[C@H]2SC1. The number of ether oxygens (including phenoxy) is 2. The molecule has 8 rings (SSSR count). The van der Waals surface area contributed by atoms with Gasteiger partial charge in [-0.1, -0.05) is 157 Å². The zero-order chi connectivity index (χ0) is 43.8. The Morgan fingerprint density at radius 3 is 1.86 bits per heavy atom. The summed E-state index contributed by atoms with van der Waals surface area (Å²) in [4.78, 5) is 60.7. The molecule has 3 amide bonds. The number of fused-ring (bicyclic) bond motifs is 1. The van der Waals surface area contributed by atoms with Crippen LogP contribution >= 0.6 is 23.1 Å². The van der Waals surface area contributed by atoms with Crippen molar-refractivity contribution in [1.82, 2.24) is 20.5 Å². The van der Waals surface area contributed by atoms with Crippen LogP contribution in [0.4, 0.5) is 9.93 Å². The van der Waals surface area contributed by atoms with Gasteiger partial charge in [0, 0.05) is 23.3 Å². The second-order valence-electron chi connectivity index (χ2n) is 14.5. The van der Waals surface area contributed by atoms with Crippen molar-refractivity contribution >= 4 is 57.8 Å². The van der Waals surface area contributed by atoms with E-state index < -0.39 is 52.6 Å². The molecule has 2 aliphatic heterocycles. The molecule has 15 heteroatoms. The van der Waals surface area contributed by atoms with Crippen molar-refractivity contribution in [3.8, 4) is 0 Å². The van der Waals surface area contributed by atoms with Gasteiger partial charge in [-0.15, -0.1) is 23.1 Å². The summed E-state index contributed by atoms with van der Waals surface area (Å²) in [6, 6.07) is 47.1. The maximum atomic E-state index is 14.3. The Bertz CT molecular complexity index is 2490. The van der Waals surface area contributed by atoms with E-state index in [1.165, 1.54) is 28.0 Å². The second kappa shape index (κ2) is 19.2. The smallest absolute Gasteiger partial charge is 0.407 e. The highest BCUT2D eigenvalue weighted by molar-refractivity contribution is 8.00. The van der Waals surface area contributed by atoms with Gasteiger partial charge in [-0.05, 0) is 34.7 Å². The summed E-state index contributed by atoms with van der Waals surface area (Å²) >= 11 is 2.50. The normalized spacial score (nSPS) is 16.1. The van der Waals surface area contributed by atoms with Gasteiger partial charge in [0.2, 0.25) is 0 Å². The third kappa shape index (κ3) is 8.78. The molecule has 6 aromatic rings. The van der Waals surface area contributed by atoms with Crippen molar-refractivity contribution in [3.05, 3.63) is 202 Å². The number of hydrogen-bond donors (Lipinski definition) is 4. The van der Waals surface area contributed by atoms with E-state index in [0.717, 1.165) is 16.7 Å². The molecule has 0 aliphatic carbocycles. The van der Waals surface area contributed by atoms with Gasteiger partial charge >= 0.3 is 12.1 Å². The number of esters is 1. The minimum absolute atomic E-state index is 0.0691. The van der Waals surface area contributed by atoms with E-state index in [4.69, 9.17) is 14.5 Å². The van der Waals surface area contributed by atoms with Crippen LogP contribution in [-0.4, -0.2) is 75.0 Å². The van der Waals surface area contributed by atoms with Gasteiger partial charge in [0.1, 0.15) is 35.0 Å². The maximum absolute atomic E-state index is 14.3. The molecule has 4 N–H and O–H groups in total. The van der Waals surface area contributed by atoms with Gasteiger partial charge in [-0.25, -0.2) is 14.6 Å². The molecule has 0 radical (unpaired) electrons. The third-order valence-corrected chi connectivity index (χ3v) is 12.7. The van der Waals surface area contributed by atoms with Gasteiger partial charge in [0.15, 0.2) is 16.9 Å². The third-order valence-electron chi connectivity index (χ3n) is 10.6. The van der Waals surface area contributed by atoms with Crippen LogP contribution in [0, 0.1) is 0 Å². The van der Waals surface area contributed by atoms with Crippen molar-refractivity contribution in [3.63, 3.8) is 0 Å². The second-order valence-corrected chi connectivity index (χ2v) is 16.4. The van der Waals surface area contributed by atoms with Crippen molar-refractivity contribution in [2.75, 3.05) is 24.2 Å². The molecule has 2 atom stereocenters. The number of anilines is 1. The lowest BCUT2D eigenvalue weighted by molar-refractivity contribution is -0.154. The number of nitrogens with one attached hydrogen (secondary N) is 3. The summed E-state index contributed by atoms with van der Waals surface area (Å²) in [6.07, 6.45) is -1.50. The predicted octanol–water partition coefficient (Wildman–Crippen LogP) is 7.46. The minimum Gasteiger partial charge on any atom is -0.448 e. The Kier molecular flexibility index (Phi) is 13.0. The molecule has 1 fully saturated rings. The highest BCUT2D eigenvalue weighted by Crippen LogP contribution is 2.43. The van der Waals surface area contributed by atoms with Gasteiger partial charge in [0.25, 0.3) is 11.8 Å². The predicted molar refractivity (Wildman–Crippen MR) is 241 cm³/mol. The fraction of sp³-hybridized carbons (Fsp3) is 0.167. The van der Waals surface area contributed by atoms with E-state index in [2.05, 4.69) is 21.1 Å². The fourth-order valence-electron chi connectivity index (χ4n) is 7.68. The van der Waals surface area contributed by atoms with Crippen molar-refractivity contribution < 1.29 is 33.9 Å². The Labute approximate surface area is 371 Å². The highest BCUT2D eigenvalue weighted by Gasteiger charge is 2.55. The molecule has 13 nitrogen and oxygen atoms in total. The molecule has 2 aliphatic rings. The lowest BCUT2D eigenvalue weighted by Crippen LogP contribution is -2.71. The number of carbonyl (C=O) groups is 4. The monoisotopic (exact) mass is 878 g/mol. The van der Waals surface area contributed by atoms with Crippen molar-refractivity contribution in [1.29, 1.82) is 0 Å². The molecule has 0 spiro atoms. The van der Waals surface area contributed by atoms with E-state index >= 15 is 0 Å². The molecule has 5 aromatic carbocycles. The number of benzene rings is 5. The van der Waals surface area contributed by atoms with Crippen molar-refractivity contribution in [2.45, 2.75) is 30.0 Å². The first kappa shape index (κ1) is 42.5. The van der Waals surface area contributed by atoms with E-state index in [1.807, 2.05) is 152 Å². The Hall–Kier alpha value is -7.23. The maximum Gasteiger partial charge on any atom is 0.407 e. The molecule has 0 saturated carbocycles. The summed E-state index contributed by atoms with van der Waals surface area (Å²) < 4.78 is 11.6. The van der Waals surface area contributed by atoms with Crippen LogP contribution in [0.15, 0.2) is 173 Å². The van der Waals surface area contributed by atoms with Crippen LogP contribution < -0.4 is 16.0 Å². The average Bonchev–Trinajstić information content (AvgIpc) is 3.80. The molecule has 1 saturated heterocycles. The van der Waals surface area contributed by atoms with Crippen LogP contribution in [0.25, 0.3) is 0 Å². The Morgan fingerprint density at radius 1 is 0.825 bits per heavy atom. The van der Waals surface area contributed by atoms with Crippen LogP contribution in [0.1, 0.15) is 46.5 Å². The fourth-order valence-corrected chi connectivity index (χ4v) is 9.76. The summed E-state index contributed by atoms with van der Waals surface area (Å²) in [6.45, 7) is 1.80. The van der Waals surface area contributed by atoms with Crippen LogP contribution in [0.3, 0.4) is 0 Å². The first-order chi connectivity index (χ1) is 30.8. The lowest BCUT2D eigenvalue weighted by Gasteiger charge is -2.49. The number of carbonyl (C=O) groups excluding carboxylic acids is 4. The molecule has 63 heavy (non-hydrogen) atoms. The van der Waals surface area contributed by atoms with Gasteiger partial charge in [-0.2, -0.15) is 0 Å². The van der Waals surface area contributed by atoms with Gasteiger partial charge < -0.3 is 30.6 Å². The highest BCUT2D eigenvalue weighted by atomic mass is 32.2. The summed E-state index contributed by atoms with van der Waals surface area (Å²) in [5.74, 6) is -2.07. The van der Waals surface area contributed by atoms with Gasteiger partial charge in [0.05, 0.1) is 0 Å². The summed E-state index contributed by atoms with van der Waals surface area (Å²) in [5.41, 5.74) is 3.31. The molecular formula is C48H42N6O7S2. The number of amides is 3. The Morgan fingerprint density at radius 2 is 1.35 bits per heavy atom. The van der Waals surface area contributed by atoms with Crippen molar-refractivity contribution in [2.24, 2.45) is 5.16 Å². The van der Waals surface area contributed by atoms with Gasteiger partial charge in [-0.3, -0.25) is 14.5 Å². The van der Waals surface area contributed by atoms with E-state index in [-0.39, 0.29) is 23.8 Å². The largest absolute Gasteiger partial charge is 0.448 e. The molecule has 0 unspecified atom stereocenters. The quantitative estimate of drug-likeness (QED) is 0.0203. The number of oxime groups is 1. The minimum atomic E-state index is -1.11. The topological polar surface area (TPSA) is 172 Å². The lowest BCUT2D eigenvalue weighted by atomic mass is 9.77. The number of nitrogens with zero attached hydrogens (tertiary/aromatic N) is 3. The molecule has 318 valence electrons. The standard InChI is InChI=1S/C48H42N6O7S2/c1-2-49-47(58)60-28-33-29-62-44-39(43(56)54(44)40(33)45(57)61-41(31-18-8-3-9-19-31)32-20-10-4-11-21-32)51-42(55)38(53-59)37-30-63-46(50-37)52-48(34-22-12-5-13-23-34,35-24-14-6-15-25-35)36-26-16-7-17-27-36/h3-27,30,39,41,44,59H,2,28-29H2,1H3,(H,49,58)(H,50,52)(H,51,55)/b53-38-/t39-,44-/m1/s1.